The lowest BCUT2D eigenvalue weighted by Crippen LogP contribution is -2.47. The SMILES string of the molecule is NC(=S)C(NS(N)(=O)=O)C1CC1. The van der Waals surface area contributed by atoms with E-state index in [2.05, 4.69) is 4.72 Å². The van der Waals surface area contributed by atoms with Crippen molar-refractivity contribution in [2.75, 3.05) is 0 Å². The summed E-state index contributed by atoms with van der Waals surface area (Å²) in [6.07, 6.45) is 1.90. The Morgan fingerprint density at radius 2 is 2.08 bits per heavy atom. The first-order valence-electron chi connectivity index (χ1n) is 3.49. The van der Waals surface area contributed by atoms with Crippen molar-refractivity contribution in [1.29, 1.82) is 0 Å². The highest BCUT2D eigenvalue weighted by Gasteiger charge is 2.34. The molecule has 0 aromatic rings. The number of hydrogen-bond donors (Lipinski definition) is 3. The Bertz CT molecular complexity index is 283. The van der Waals surface area contributed by atoms with E-state index in [1.165, 1.54) is 0 Å². The Hall–Kier alpha value is -0.240. The molecule has 1 fully saturated rings. The van der Waals surface area contributed by atoms with Crippen LogP contribution in [0, 0.1) is 5.92 Å². The quantitative estimate of drug-likeness (QED) is 0.509. The first kappa shape index (κ1) is 9.85. The van der Waals surface area contributed by atoms with Crippen LogP contribution in [-0.4, -0.2) is 19.4 Å². The summed E-state index contributed by atoms with van der Waals surface area (Å²) in [5.74, 6) is 0.237. The first-order chi connectivity index (χ1) is 5.40. The second kappa shape index (κ2) is 3.25. The van der Waals surface area contributed by atoms with Crippen LogP contribution in [0.3, 0.4) is 0 Å². The van der Waals surface area contributed by atoms with Crippen molar-refractivity contribution < 1.29 is 8.42 Å². The van der Waals surface area contributed by atoms with Gasteiger partial charge < -0.3 is 5.73 Å². The lowest BCUT2D eigenvalue weighted by molar-refractivity contribution is 0.566. The molecular formula is C5H11N3O2S2. The minimum atomic E-state index is -3.69. The lowest BCUT2D eigenvalue weighted by Gasteiger charge is -2.13. The second-order valence-corrected chi connectivity index (χ2v) is 4.68. The largest absolute Gasteiger partial charge is 0.392 e. The van der Waals surface area contributed by atoms with Gasteiger partial charge in [0.15, 0.2) is 0 Å². The minimum absolute atomic E-state index is 0.159. The van der Waals surface area contributed by atoms with Gasteiger partial charge in [0, 0.05) is 0 Å². The molecule has 0 aliphatic heterocycles. The first-order valence-corrected chi connectivity index (χ1v) is 5.45. The summed E-state index contributed by atoms with van der Waals surface area (Å²) < 4.78 is 23.5. The van der Waals surface area contributed by atoms with Crippen molar-refractivity contribution in [3.63, 3.8) is 0 Å². The molecule has 0 spiro atoms. The van der Waals surface area contributed by atoms with E-state index >= 15 is 0 Å². The van der Waals surface area contributed by atoms with Crippen LogP contribution in [0.4, 0.5) is 0 Å². The van der Waals surface area contributed by atoms with E-state index in [9.17, 15) is 8.42 Å². The van der Waals surface area contributed by atoms with Gasteiger partial charge in [-0.05, 0) is 18.8 Å². The monoisotopic (exact) mass is 209 g/mol. The van der Waals surface area contributed by atoms with Crippen molar-refractivity contribution in [3.8, 4) is 0 Å². The Labute approximate surface area is 76.7 Å². The Kier molecular flexibility index (Phi) is 2.67. The summed E-state index contributed by atoms with van der Waals surface area (Å²) in [5.41, 5.74) is 5.33. The summed E-state index contributed by atoms with van der Waals surface area (Å²) >= 11 is 4.70. The van der Waals surface area contributed by atoms with Crippen LogP contribution < -0.4 is 15.6 Å². The molecule has 1 atom stereocenters. The van der Waals surface area contributed by atoms with Crippen LogP contribution in [-0.2, 0) is 10.2 Å². The van der Waals surface area contributed by atoms with Gasteiger partial charge in [-0.3, -0.25) is 0 Å². The number of hydrogen-bond acceptors (Lipinski definition) is 3. The molecule has 0 saturated heterocycles. The van der Waals surface area contributed by atoms with E-state index in [4.69, 9.17) is 23.1 Å². The fourth-order valence-electron chi connectivity index (χ4n) is 0.993. The number of nitrogens with one attached hydrogen (secondary N) is 1. The third kappa shape index (κ3) is 3.02. The maximum atomic E-state index is 10.6. The molecule has 1 aliphatic carbocycles. The molecular weight excluding hydrogens is 198 g/mol. The lowest BCUT2D eigenvalue weighted by atomic mass is 10.2. The number of nitrogens with two attached hydrogens (primary N) is 2. The molecule has 5 nitrogen and oxygen atoms in total. The van der Waals surface area contributed by atoms with Crippen molar-refractivity contribution in [2.24, 2.45) is 16.8 Å². The molecule has 0 heterocycles. The maximum absolute atomic E-state index is 10.6. The van der Waals surface area contributed by atoms with E-state index in [-0.39, 0.29) is 10.9 Å². The predicted octanol–water partition coefficient (Wildman–Crippen LogP) is -1.16. The van der Waals surface area contributed by atoms with E-state index in [1.807, 2.05) is 0 Å². The van der Waals surface area contributed by atoms with E-state index in [0.29, 0.717) is 0 Å². The molecule has 1 saturated carbocycles. The Balaban J connectivity index is 2.61. The molecule has 7 heteroatoms. The normalized spacial score (nSPS) is 20.4. The van der Waals surface area contributed by atoms with Gasteiger partial charge in [0.25, 0.3) is 10.2 Å². The molecule has 5 N–H and O–H groups in total. The average molecular weight is 209 g/mol. The van der Waals surface area contributed by atoms with Crippen molar-refractivity contribution in [1.82, 2.24) is 4.72 Å². The predicted molar refractivity (Wildman–Crippen MR) is 49.5 cm³/mol. The number of rotatable bonds is 4. The van der Waals surface area contributed by atoms with Crippen LogP contribution in [0.5, 0.6) is 0 Å². The van der Waals surface area contributed by atoms with E-state index in [1.54, 1.807) is 0 Å². The van der Waals surface area contributed by atoms with Crippen LogP contribution in [0.25, 0.3) is 0 Å². The highest BCUT2D eigenvalue weighted by molar-refractivity contribution is 7.87. The maximum Gasteiger partial charge on any atom is 0.275 e. The minimum Gasteiger partial charge on any atom is -0.392 e. The third-order valence-corrected chi connectivity index (χ3v) is 2.53. The molecule has 0 amide bonds. The molecule has 0 aromatic carbocycles. The molecule has 1 aliphatic rings. The summed E-state index contributed by atoms with van der Waals surface area (Å²) in [7, 11) is -3.69. The molecule has 1 rings (SSSR count). The Morgan fingerprint density at radius 3 is 2.33 bits per heavy atom. The Morgan fingerprint density at radius 1 is 1.58 bits per heavy atom. The zero-order valence-corrected chi connectivity index (χ0v) is 7.99. The van der Waals surface area contributed by atoms with Gasteiger partial charge in [0.05, 0.1) is 11.0 Å². The fourth-order valence-corrected chi connectivity index (χ4v) is 1.99. The standard InChI is InChI=1S/C5H11N3O2S2/c6-5(11)4(3-1-2-3)8-12(7,9)10/h3-4,8H,1-2H2,(H2,6,11)(H2,7,9,10). The molecule has 0 aromatic heterocycles. The summed E-state index contributed by atoms with van der Waals surface area (Å²) in [4.78, 5) is 0.159. The van der Waals surface area contributed by atoms with Gasteiger partial charge >= 0.3 is 0 Å². The van der Waals surface area contributed by atoms with Crippen molar-refractivity contribution >= 4 is 27.4 Å². The van der Waals surface area contributed by atoms with Gasteiger partial charge in [-0.2, -0.15) is 13.1 Å². The van der Waals surface area contributed by atoms with Crippen LogP contribution in [0.15, 0.2) is 0 Å². The highest BCUT2D eigenvalue weighted by atomic mass is 32.2. The number of thiocarbonyl (C=S) groups is 1. The van der Waals surface area contributed by atoms with Crippen molar-refractivity contribution in [3.05, 3.63) is 0 Å². The van der Waals surface area contributed by atoms with Gasteiger partial charge in [-0.15, -0.1) is 0 Å². The van der Waals surface area contributed by atoms with Crippen molar-refractivity contribution in [2.45, 2.75) is 18.9 Å². The molecule has 0 bridgehead atoms. The van der Waals surface area contributed by atoms with Crippen LogP contribution in [0.1, 0.15) is 12.8 Å². The third-order valence-electron chi connectivity index (χ3n) is 1.69. The zero-order valence-electron chi connectivity index (χ0n) is 6.36. The second-order valence-electron chi connectivity index (χ2n) is 2.88. The zero-order chi connectivity index (χ0) is 9.35. The summed E-state index contributed by atoms with van der Waals surface area (Å²) in [5, 5.41) is 4.79. The van der Waals surface area contributed by atoms with Gasteiger partial charge in [-0.25, -0.2) is 5.14 Å². The smallest absolute Gasteiger partial charge is 0.275 e. The van der Waals surface area contributed by atoms with Gasteiger partial charge in [-0.1, -0.05) is 12.2 Å². The van der Waals surface area contributed by atoms with E-state index < -0.39 is 16.3 Å². The molecule has 70 valence electrons. The summed E-state index contributed by atoms with van der Waals surface area (Å²) in [6, 6.07) is -0.463. The van der Waals surface area contributed by atoms with Crippen LogP contribution >= 0.6 is 12.2 Å². The molecule has 1 unspecified atom stereocenters. The average Bonchev–Trinajstić information content (AvgIpc) is 2.61. The van der Waals surface area contributed by atoms with Gasteiger partial charge in [0.2, 0.25) is 0 Å². The molecule has 12 heavy (non-hydrogen) atoms. The van der Waals surface area contributed by atoms with E-state index in [0.717, 1.165) is 12.8 Å². The fraction of sp³-hybridized carbons (Fsp3) is 0.800. The topological polar surface area (TPSA) is 98.2 Å². The highest BCUT2D eigenvalue weighted by Crippen LogP contribution is 2.32. The van der Waals surface area contributed by atoms with Gasteiger partial charge in [0.1, 0.15) is 0 Å². The summed E-state index contributed by atoms with van der Waals surface area (Å²) in [6.45, 7) is 0. The van der Waals surface area contributed by atoms with Crippen LogP contribution in [0.2, 0.25) is 0 Å². The molecule has 0 radical (unpaired) electrons.